The number of hydrogen-bond acceptors (Lipinski definition) is 1. The maximum Gasteiger partial charge on any atom is 0.0589 e. The SMILES string of the molecule is CCCCCCCCCCCn1ccc2sccc21. The molecule has 0 spiro atoms. The Bertz CT molecular complexity index is 454. The van der Waals surface area contributed by atoms with Crippen LogP contribution in [0.15, 0.2) is 23.7 Å². The van der Waals surface area contributed by atoms with Crippen molar-refractivity contribution in [2.24, 2.45) is 0 Å². The summed E-state index contributed by atoms with van der Waals surface area (Å²) in [6.45, 7) is 3.47. The zero-order valence-electron chi connectivity index (χ0n) is 12.2. The predicted molar refractivity (Wildman–Crippen MR) is 87.0 cm³/mol. The van der Waals surface area contributed by atoms with Crippen LogP contribution in [0.3, 0.4) is 0 Å². The van der Waals surface area contributed by atoms with Crippen LogP contribution in [0.1, 0.15) is 64.7 Å². The minimum atomic E-state index is 1.19. The molecule has 0 atom stereocenters. The topological polar surface area (TPSA) is 4.93 Å². The van der Waals surface area contributed by atoms with Gasteiger partial charge in [-0.25, -0.2) is 0 Å². The molecule has 0 aliphatic rings. The summed E-state index contributed by atoms with van der Waals surface area (Å²) in [6.07, 6.45) is 14.9. The molecule has 2 heteroatoms. The van der Waals surface area contributed by atoms with Crippen LogP contribution in [-0.4, -0.2) is 4.57 Å². The van der Waals surface area contributed by atoms with E-state index in [0.717, 1.165) is 0 Å². The van der Waals surface area contributed by atoms with Gasteiger partial charge in [0.1, 0.15) is 0 Å². The first-order chi connectivity index (χ1) is 9.42. The minimum absolute atomic E-state index is 1.19. The second kappa shape index (κ2) is 8.42. The Hall–Kier alpha value is -0.760. The van der Waals surface area contributed by atoms with Gasteiger partial charge in [-0.05, 0) is 23.9 Å². The van der Waals surface area contributed by atoms with Crippen molar-refractivity contribution >= 4 is 21.6 Å². The van der Waals surface area contributed by atoms with Gasteiger partial charge in [0.15, 0.2) is 0 Å². The van der Waals surface area contributed by atoms with Crippen LogP contribution in [-0.2, 0) is 6.54 Å². The van der Waals surface area contributed by atoms with Crippen molar-refractivity contribution < 1.29 is 0 Å². The van der Waals surface area contributed by atoms with Crippen LogP contribution in [0.25, 0.3) is 10.2 Å². The summed E-state index contributed by atoms with van der Waals surface area (Å²) in [5.41, 5.74) is 1.42. The molecule has 2 rings (SSSR count). The molecule has 1 nitrogen and oxygen atoms in total. The number of nitrogens with zero attached hydrogens (tertiary/aromatic N) is 1. The lowest BCUT2D eigenvalue weighted by Crippen LogP contribution is -1.95. The summed E-state index contributed by atoms with van der Waals surface area (Å²) in [5.74, 6) is 0. The van der Waals surface area contributed by atoms with Crippen molar-refractivity contribution in [3.8, 4) is 0 Å². The molecule has 19 heavy (non-hydrogen) atoms. The summed E-state index contributed by atoms with van der Waals surface area (Å²) in [4.78, 5) is 0. The number of aromatic nitrogens is 1. The normalized spacial score (nSPS) is 11.4. The van der Waals surface area contributed by atoms with Gasteiger partial charge in [-0.1, -0.05) is 58.3 Å². The molecule has 0 aliphatic heterocycles. The molecule has 2 aromatic heterocycles. The Labute approximate surface area is 121 Å². The molecule has 0 bridgehead atoms. The van der Waals surface area contributed by atoms with Crippen molar-refractivity contribution in [1.29, 1.82) is 0 Å². The molecule has 106 valence electrons. The summed E-state index contributed by atoms with van der Waals surface area (Å²) in [6, 6.07) is 4.49. The van der Waals surface area contributed by atoms with E-state index in [9.17, 15) is 0 Å². The van der Waals surface area contributed by atoms with Gasteiger partial charge in [0.2, 0.25) is 0 Å². The van der Waals surface area contributed by atoms with Gasteiger partial charge in [0.25, 0.3) is 0 Å². The number of thiophene rings is 1. The van der Waals surface area contributed by atoms with Gasteiger partial charge in [-0.2, -0.15) is 0 Å². The monoisotopic (exact) mass is 277 g/mol. The third-order valence-electron chi connectivity index (χ3n) is 3.89. The molecule has 0 fully saturated rings. The largest absolute Gasteiger partial charge is 0.347 e. The third-order valence-corrected chi connectivity index (χ3v) is 4.76. The van der Waals surface area contributed by atoms with Crippen molar-refractivity contribution in [3.05, 3.63) is 23.7 Å². The lowest BCUT2D eigenvalue weighted by atomic mass is 10.1. The van der Waals surface area contributed by atoms with E-state index in [1.807, 2.05) is 11.3 Å². The predicted octanol–water partition coefficient (Wildman–Crippen LogP) is 6.23. The van der Waals surface area contributed by atoms with Crippen LogP contribution >= 0.6 is 11.3 Å². The first-order valence-electron chi connectivity index (χ1n) is 7.94. The molecule has 2 aromatic rings. The molecule has 0 unspecified atom stereocenters. The highest BCUT2D eigenvalue weighted by molar-refractivity contribution is 7.17. The van der Waals surface area contributed by atoms with Crippen LogP contribution in [0, 0.1) is 0 Å². The number of rotatable bonds is 10. The van der Waals surface area contributed by atoms with Gasteiger partial charge < -0.3 is 4.57 Å². The second-order valence-corrected chi connectivity index (χ2v) is 6.46. The summed E-state index contributed by atoms with van der Waals surface area (Å²) >= 11 is 1.84. The molecule has 0 aromatic carbocycles. The van der Waals surface area contributed by atoms with Crippen LogP contribution in [0.2, 0.25) is 0 Å². The Morgan fingerprint density at radius 1 is 0.895 bits per heavy atom. The summed E-state index contributed by atoms with van der Waals surface area (Å²) in [7, 11) is 0. The van der Waals surface area contributed by atoms with E-state index in [0.29, 0.717) is 0 Å². The molecule has 2 heterocycles. The van der Waals surface area contributed by atoms with Crippen molar-refractivity contribution in [1.82, 2.24) is 4.57 Å². The molecular weight excluding hydrogens is 250 g/mol. The number of unbranched alkanes of at least 4 members (excludes halogenated alkanes) is 8. The lowest BCUT2D eigenvalue weighted by Gasteiger charge is -2.04. The van der Waals surface area contributed by atoms with E-state index in [1.165, 1.54) is 74.5 Å². The molecule has 0 saturated heterocycles. The van der Waals surface area contributed by atoms with Gasteiger partial charge in [0, 0.05) is 12.7 Å². The fourth-order valence-electron chi connectivity index (χ4n) is 2.70. The fourth-order valence-corrected chi connectivity index (χ4v) is 3.49. The van der Waals surface area contributed by atoms with Crippen molar-refractivity contribution in [2.45, 2.75) is 71.3 Å². The Morgan fingerprint density at radius 3 is 2.32 bits per heavy atom. The summed E-state index contributed by atoms with van der Waals surface area (Å²) in [5, 5.41) is 2.19. The average Bonchev–Trinajstić information content (AvgIpc) is 3.01. The first-order valence-corrected chi connectivity index (χ1v) is 8.82. The zero-order chi connectivity index (χ0) is 13.3. The van der Waals surface area contributed by atoms with E-state index in [2.05, 4.69) is 35.2 Å². The van der Waals surface area contributed by atoms with E-state index in [4.69, 9.17) is 0 Å². The average molecular weight is 277 g/mol. The first kappa shape index (κ1) is 14.6. The highest BCUT2D eigenvalue weighted by Gasteiger charge is 2.01. The van der Waals surface area contributed by atoms with Crippen LogP contribution < -0.4 is 0 Å². The second-order valence-electron chi connectivity index (χ2n) is 5.51. The van der Waals surface area contributed by atoms with Gasteiger partial charge >= 0.3 is 0 Å². The van der Waals surface area contributed by atoms with Gasteiger partial charge in [-0.15, -0.1) is 11.3 Å². The highest BCUT2D eigenvalue weighted by atomic mass is 32.1. The Morgan fingerprint density at radius 2 is 1.58 bits per heavy atom. The van der Waals surface area contributed by atoms with Crippen molar-refractivity contribution in [2.75, 3.05) is 0 Å². The van der Waals surface area contributed by atoms with E-state index in [1.54, 1.807) is 0 Å². The van der Waals surface area contributed by atoms with E-state index in [-0.39, 0.29) is 0 Å². The minimum Gasteiger partial charge on any atom is -0.347 e. The molecule has 0 radical (unpaired) electrons. The molecule has 0 N–H and O–H groups in total. The Balaban J connectivity index is 1.52. The summed E-state index contributed by atoms with van der Waals surface area (Å²) < 4.78 is 3.84. The third kappa shape index (κ3) is 4.68. The number of fused-ring (bicyclic) bond motifs is 1. The standard InChI is InChI=1S/C17H27NS/c1-2-3-4-5-6-7-8-9-10-13-18-14-11-17-16(18)12-15-19-17/h11-12,14-15H,2-10,13H2,1H3. The quantitative estimate of drug-likeness (QED) is 0.453. The maximum atomic E-state index is 2.41. The maximum absolute atomic E-state index is 2.41. The molecule has 0 saturated carbocycles. The molecular formula is C17H27NS. The number of hydrogen-bond donors (Lipinski definition) is 0. The van der Waals surface area contributed by atoms with Crippen molar-refractivity contribution in [3.63, 3.8) is 0 Å². The van der Waals surface area contributed by atoms with E-state index < -0.39 is 0 Å². The highest BCUT2D eigenvalue weighted by Crippen LogP contribution is 2.22. The van der Waals surface area contributed by atoms with Crippen LogP contribution in [0.5, 0.6) is 0 Å². The van der Waals surface area contributed by atoms with Crippen LogP contribution in [0.4, 0.5) is 0 Å². The van der Waals surface area contributed by atoms with E-state index >= 15 is 0 Å². The molecule has 0 aliphatic carbocycles. The fraction of sp³-hybridized carbons (Fsp3) is 0.647. The lowest BCUT2D eigenvalue weighted by molar-refractivity contribution is 0.543. The smallest absolute Gasteiger partial charge is 0.0589 e. The van der Waals surface area contributed by atoms with Gasteiger partial charge in [-0.3, -0.25) is 0 Å². The zero-order valence-corrected chi connectivity index (χ0v) is 13.1. The number of aryl methyl sites for hydroxylation is 1. The Kier molecular flexibility index (Phi) is 6.49. The molecule has 0 amide bonds. The van der Waals surface area contributed by atoms with Gasteiger partial charge in [0.05, 0.1) is 10.2 Å².